The Kier molecular flexibility index (Phi) is 6.10. The fraction of sp³-hybridized carbons (Fsp3) is 0.364. The van der Waals surface area contributed by atoms with Gasteiger partial charge in [-0.1, -0.05) is 24.3 Å². The summed E-state index contributed by atoms with van der Waals surface area (Å²) >= 11 is 0. The summed E-state index contributed by atoms with van der Waals surface area (Å²) in [6.07, 6.45) is 2.43. The zero-order chi connectivity index (χ0) is 19.2. The molecule has 1 aliphatic heterocycles. The molecule has 0 saturated carbocycles. The van der Waals surface area contributed by atoms with E-state index in [0.29, 0.717) is 17.7 Å². The number of carbonyl (C=O) groups excluding carboxylic acids is 1. The normalized spacial score (nSPS) is 13.7. The van der Waals surface area contributed by atoms with Gasteiger partial charge in [0.1, 0.15) is 6.07 Å². The van der Waals surface area contributed by atoms with E-state index in [9.17, 15) is 10.1 Å². The predicted molar refractivity (Wildman–Crippen MR) is 106 cm³/mol. The van der Waals surface area contributed by atoms with Gasteiger partial charge in [0.05, 0.1) is 23.4 Å². The Morgan fingerprint density at radius 3 is 2.81 bits per heavy atom. The predicted octanol–water partition coefficient (Wildman–Crippen LogP) is 3.06. The summed E-state index contributed by atoms with van der Waals surface area (Å²) in [4.78, 5) is 14.2. The fourth-order valence-electron chi connectivity index (χ4n) is 3.57. The number of nitrogens with zero attached hydrogens (tertiary/aromatic N) is 2. The monoisotopic (exact) mass is 363 g/mol. The molecule has 0 spiro atoms. The van der Waals surface area contributed by atoms with Crippen molar-refractivity contribution >= 4 is 11.7 Å². The molecule has 0 fully saturated rings. The minimum absolute atomic E-state index is 0.0754. The number of benzene rings is 2. The minimum Gasteiger partial charge on any atom is -0.462 e. The van der Waals surface area contributed by atoms with E-state index in [4.69, 9.17) is 10.5 Å². The van der Waals surface area contributed by atoms with Crippen molar-refractivity contribution in [1.29, 1.82) is 5.26 Å². The lowest BCUT2D eigenvalue weighted by Crippen LogP contribution is -2.24. The Labute approximate surface area is 160 Å². The van der Waals surface area contributed by atoms with Gasteiger partial charge < -0.3 is 15.4 Å². The van der Waals surface area contributed by atoms with Crippen molar-refractivity contribution in [1.82, 2.24) is 0 Å². The van der Waals surface area contributed by atoms with E-state index in [1.807, 2.05) is 31.2 Å². The van der Waals surface area contributed by atoms with Crippen LogP contribution in [0.25, 0.3) is 0 Å². The average molecular weight is 363 g/mol. The molecule has 0 radical (unpaired) electrons. The Balaban J connectivity index is 1.58. The van der Waals surface area contributed by atoms with Crippen LogP contribution in [0, 0.1) is 11.3 Å². The number of anilines is 1. The van der Waals surface area contributed by atoms with Crippen molar-refractivity contribution in [3.05, 3.63) is 64.7 Å². The molecule has 0 saturated heterocycles. The maximum atomic E-state index is 12.0. The molecule has 0 unspecified atom stereocenters. The molecule has 2 aromatic rings. The number of fused-ring (bicyclic) bond motifs is 1. The second-order valence-corrected chi connectivity index (χ2v) is 7.04. The fourth-order valence-corrected chi connectivity index (χ4v) is 3.57. The molecule has 2 aromatic carbocycles. The van der Waals surface area contributed by atoms with Crippen molar-refractivity contribution in [2.75, 3.05) is 24.6 Å². The van der Waals surface area contributed by atoms with Gasteiger partial charge in [0, 0.05) is 19.1 Å². The summed E-state index contributed by atoms with van der Waals surface area (Å²) in [6, 6.07) is 15.5. The number of nitrogens with two attached hydrogens (primary N) is 1. The standard InChI is InChI=1S/C22H25N3O2/c1-16(24)12-17-13-19-8-10-25(21(19)20(14-17)15-23)9-5-11-27-22(26)18-6-3-2-4-7-18/h2-4,6-7,13-14,16H,5,8-12,24H2,1H3/t16-/m1/s1. The number of ether oxygens (including phenoxy) is 1. The first-order chi connectivity index (χ1) is 13.1. The minimum atomic E-state index is -0.296. The van der Waals surface area contributed by atoms with E-state index >= 15 is 0 Å². The Morgan fingerprint density at radius 2 is 2.11 bits per heavy atom. The van der Waals surface area contributed by atoms with E-state index in [1.165, 1.54) is 5.56 Å². The molecular weight excluding hydrogens is 338 g/mol. The van der Waals surface area contributed by atoms with Crippen LogP contribution in [0.4, 0.5) is 5.69 Å². The van der Waals surface area contributed by atoms with Gasteiger partial charge in [-0.15, -0.1) is 0 Å². The quantitative estimate of drug-likeness (QED) is 0.604. The SMILES string of the molecule is C[C@@H](N)Cc1cc(C#N)c2c(c1)CCN2CCCOC(=O)c1ccccc1. The molecule has 0 bridgehead atoms. The van der Waals surface area contributed by atoms with Crippen LogP contribution >= 0.6 is 0 Å². The van der Waals surface area contributed by atoms with Gasteiger partial charge in [0.25, 0.3) is 0 Å². The van der Waals surface area contributed by atoms with Crippen LogP contribution in [0.3, 0.4) is 0 Å². The highest BCUT2D eigenvalue weighted by Crippen LogP contribution is 2.33. The molecular formula is C22H25N3O2. The highest BCUT2D eigenvalue weighted by Gasteiger charge is 2.23. The van der Waals surface area contributed by atoms with Crippen molar-refractivity contribution in [2.24, 2.45) is 5.73 Å². The second-order valence-electron chi connectivity index (χ2n) is 7.04. The molecule has 27 heavy (non-hydrogen) atoms. The van der Waals surface area contributed by atoms with Crippen LogP contribution in [0.5, 0.6) is 0 Å². The summed E-state index contributed by atoms with van der Waals surface area (Å²) in [5, 5.41) is 9.57. The average Bonchev–Trinajstić information content (AvgIpc) is 3.07. The number of nitriles is 1. The molecule has 5 nitrogen and oxygen atoms in total. The van der Waals surface area contributed by atoms with E-state index in [0.717, 1.165) is 43.6 Å². The van der Waals surface area contributed by atoms with Crippen molar-refractivity contribution in [3.63, 3.8) is 0 Å². The Hall–Kier alpha value is -2.84. The van der Waals surface area contributed by atoms with Crippen LogP contribution in [-0.2, 0) is 17.6 Å². The van der Waals surface area contributed by atoms with Gasteiger partial charge in [-0.3, -0.25) is 0 Å². The third-order valence-corrected chi connectivity index (χ3v) is 4.71. The Bertz CT molecular complexity index is 841. The van der Waals surface area contributed by atoms with Crippen LogP contribution in [0.1, 0.15) is 40.4 Å². The molecule has 1 heterocycles. The first kappa shape index (κ1) is 18.9. The Morgan fingerprint density at radius 1 is 1.33 bits per heavy atom. The van der Waals surface area contributed by atoms with Crippen LogP contribution in [0.2, 0.25) is 0 Å². The lowest BCUT2D eigenvalue weighted by Gasteiger charge is -2.21. The third-order valence-electron chi connectivity index (χ3n) is 4.71. The van der Waals surface area contributed by atoms with E-state index in [-0.39, 0.29) is 12.0 Å². The van der Waals surface area contributed by atoms with Gasteiger partial charge in [-0.25, -0.2) is 4.79 Å². The lowest BCUT2D eigenvalue weighted by atomic mass is 9.99. The maximum Gasteiger partial charge on any atom is 0.338 e. The molecule has 0 amide bonds. The number of rotatable bonds is 7. The molecule has 2 N–H and O–H groups in total. The number of hydrogen-bond donors (Lipinski definition) is 1. The van der Waals surface area contributed by atoms with E-state index in [1.54, 1.807) is 12.1 Å². The van der Waals surface area contributed by atoms with Crippen LogP contribution < -0.4 is 10.6 Å². The first-order valence-corrected chi connectivity index (χ1v) is 9.37. The first-order valence-electron chi connectivity index (χ1n) is 9.37. The van der Waals surface area contributed by atoms with Crippen molar-refractivity contribution in [2.45, 2.75) is 32.2 Å². The van der Waals surface area contributed by atoms with E-state index in [2.05, 4.69) is 17.0 Å². The van der Waals surface area contributed by atoms with Gasteiger partial charge in [0.2, 0.25) is 0 Å². The third kappa shape index (κ3) is 4.66. The number of hydrogen-bond acceptors (Lipinski definition) is 5. The lowest BCUT2D eigenvalue weighted by molar-refractivity contribution is 0.0502. The molecule has 140 valence electrons. The van der Waals surface area contributed by atoms with Crippen molar-refractivity contribution in [3.8, 4) is 6.07 Å². The molecule has 0 aromatic heterocycles. The van der Waals surface area contributed by atoms with Crippen molar-refractivity contribution < 1.29 is 9.53 Å². The van der Waals surface area contributed by atoms with Gasteiger partial charge in [-0.2, -0.15) is 5.26 Å². The smallest absolute Gasteiger partial charge is 0.338 e. The summed E-state index contributed by atoms with van der Waals surface area (Å²) in [5.74, 6) is -0.296. The highest BCUT2D eigenvalue weighted by molar-refractivity contribution is 5.89. The van der Waals surface area contributed by atoms with Crippen LogP contribution in [-0.4, -0.2) is 31.7 Å². The maximum absolute atomic E-state index is 12.0. The summed E-state index contributed by atoms with van der Waals surface area (Å²) < 4.78 is 5.35. The molecule has 0 aliphatic carbocycles. The summed E-state index contributed by atoms with van der Waals surface area (Å²) in [7, 11) is 0. The molecule has 3 rings (SSSR count). The summed E-state index contributed by atoms with van der Waals surface area (Å²) in [5.41, 5.74) is 10.5. The molecule has 1 aliphatic rings. The highest BCUT2D eigenvalue weighted by atomic mass is 16.5. The van der Waals surface area contributed by atoms with Gasteiger partial charge in [0.15, 0.2) is 0 Å². The number of esters is 1. The molecule has 5 heteroatoms. The largest absolute Gasteiger partial charge is 0.462 e. The van der Waals surface area contributed by atoms with E-state index < -0.39 is 0 Å². The van der Waals surface area contributed by atoms with Crippen LogP contribution in [0.15, 0.2) is 42.5 Å². The topological polar surface area (TPSA) is 79.3 Å². The second kappa shape index (κ2) is 8.70. The molecule has 1 atom stereocenters. The zero-order valence-electron chi connectivity index (χ0n) is 15.6. The van der Waals surface area contributed by atoms with Gasteiger partial charge in [-0.05, 0) is 55.5 Å². The number of carbonyl (C=O) groups is 1. The summed E-state index contributed by atoms with van der Waals surface area (Å²) in [6.45, 7) is 3.99. The zero-order valence-corrected chi connectivity index (χ0v) is 15.6. The van der Waals surface area contributed by atoms with Gasteiger partial charge >= 0.3 is 5.97 Å².